The van der Waals surface area contributed by atoms with Crippen LogP contribution in [-0.4, -0.2) is 42.6 Å². The third-order valence-corrected chi connectivity index (χ3v) is 4.55. The molecule has 0 aliphatic heterocycles. The summed E-state index contributed by atoms with van der Waals surface area (Å²) >= 11 is 1.23. The van der Waals surface area contributed by atoms with E-state index in [1.54, 1.807) is 12.5 Å². The van der Waals surface area contributed by atoms with E-state index in [1.807, 2.05) is 6.92 Å². The number of carbonyl (C=O) groups is 1. The van der Waals surface area contributed by atoms with E-state index in [-0.39, 0.29) is 11.8 Å². The first kappa shape index (κ1) is 16.2. The Morgan fingerprint density at radius 1 is 1.63 bits per heavy atom. The molecule has 1 heterocycles. The van der Waals surface area contributed by atoms with Crippen molar-refractivity contribution in [3.8, 4) is 0 Å². The minimum absolute atomic E-state index is 0.00654. The van der Waals surface area contributed by atoms with Gasteiger partial charge in [-0.15, -0.1) is 0 Å². The molecule has 108 valence electrons. The molecule has 1 N–H and O–H groups in total. The lowest BCUT2D eigenvalue weighted by Gasteiger charge is -2.18. The molecule has 0 aromatic carbocycles. The van der Waals surface area contributed by atoms with Gasteiger partial charge in [0, 0.05) is 40.7 Å². The van der Waals surface area contributed by atoms with Crippen molar-refractivity contribution in [1.82, 2.24) is 9.55 Å². The van der Waals surface area contributed by atoms with Crippen LogP contribution in [0.2, 0.25) is 0 Å². The summed E-state index contributed by atoms with van der Waals surface area (Å²) in [6.07, 6.45) is 5.14. The number of carboxylic acid groups (broad SMARTS) is 1. The second-order valence-electron chi connectivity index (χ2n) is 4.35. The number of aryl methyl sites for hydroxylation is 1. The van der Waals surface area contributed by atoms with Gasteiger partial charge in [-0.25, -0.2) is 4.98 Å². The lowest BCUT2D eigenvalue weighted by Crippen LogP contribution is -2.13. The Kier molecular flexibility index (Phi) is 6.57. The summed E-state index contributed by atoms with van der Waals surface area (Å²) in [4.78, 5) is 14.9. The lowest BCUT2D eigenvalue weighted by atomic mass is 10.2. The van der Waals surface area contributed by atoms with E-state index in [2.05, 4.69) is 16.5 Å². The van der Waals surface area contributed by atoms with Crippen LogP contribution in [0.1, 0.15) is 32.0 Å². The summed E-state index contributed by atoms with van der Waals surface area (Å²) in [5, 5.41) is 9.48. The minimum atomic E-state index is -0.847. The molecule has 7 heteroatoms. The first-order valence-electron chi connectivity index (χ1n) is 6.16. The Balaban J connectivity index is 2.85. The number of hydrogen-bond donors (Lipinski definition) is 1. The fraction of sp³-hybridized carbons (Fsp3) is 0.667. The largest absolute Gasteiger partial charge is 0.481 e. The summed E-state index contributed by atoms with van der Waals surface area (Å²) in [7, 11) is -0.809. The van der Waals surface area contributed by atoms with Gasteiger partial charge in [-0.1, -0.05) is 18.7 Å². The number of imidazole rings is 1. The van der Waals surface area contributed by atoms with Crippen molar-refractivity contribution in [2.24, 2.45) is 0 Å². The van der Waals surface area contributed by atoms with Crippen molar-refractivity contribution in [1.29, 1.82) is 0 Å². The molecule has 5 nitrogen and oxygen atoms in total. The van der Waals surface area contributed by atoms with Gasteiger partial charge in [0.15, 0.2) is 5.16 Å². The normalized spacial score (nSPS) is 14.3. The molecular weight excluding hydrogens is 284 g/mol. The second-order valence-corrected chi connectivity index (χ2v) is 6.85. The van der Waals surface area contributed by atoms with Crippen molar-refractivity contribution in [2.75, 3.05) is 17.8 Å². The van der Waals surface area contributed by atoms with E-state index in [4.69, 9.17) is 5.11 Å². The highest BCUT2D eigenvalue weighted by molar-refractivity contribution is 7.99. The molecule has 19 heavy (non-hydrogen) atoms. The SMILES string of the molecule is CCc1cnc(SCC(=O)O)n1C(C)CCS(C)=O. The second kappa shape index (κ2) is 7.69. The van der Waals surface area contributed by atoms with Gasteiger partial charge >= 0.3 is 5.97 Å². The van der Waals surface area contributed by atoms with Crippen molar-refractivity contribution in [3.05, 3.63) is 11.9 Å². The summed E-state index contributed by atoms with van der Waals surface area (Å²) in [6, 6.07) is 0.178. The van der Waals surface area contributed by atoms with Gasteiger partial charge in [0.05, 0.1) is 5.75 Å². The van der Waals surface area contributed by atoms with Gasteiger partial charge in [-0.05, 0) is 19.8 Å². The number of carboxylic acids is 1. The maximum atomic E-state index is 11.2. The molecule has 0 spiro atoms. The Bertz CT molecular complexity index is 460. The highest BCUT2D eigenvalue weighted by Gasteiger charge is 2.16. The summed E-state index contributed by atoms with van der Waals surface area (Å²) < 4.78 is 13.2. The maximum absolute atomic E-state index is 11.2. The molecule has 0 saturated heterocycles. The van der Waals surface area contributed by atoms with E-state index in [0.717, 1.165) is 23.7 Å². The third-order valence-electron chi connectivity index (χ3n) is 2.79. The standard InChI is InChI=1S/C12H20N2O3S2/c1-4-10-7-13-12(18-8-11(15)16)14(10)9(2)5-6-19(3)17/h7,9H,4-6,8H2,1-3H3,(H,15,16). The highest BCUT2D eigenvalue weighted by atomic mass is 32.2. The number of nitrogens with zero attached hydrogens (tertiary/aromatic N) is 2. The van der Waals surface area contributed by atoms with Gasteiger partial charge in [0.1, 0.15) is 0 Å². The van der Waals surface area contributed by atoms with Crippen molar-refractivity contribution >= 4 is 28.5 Å². The molecule has 0 aliphatic carbocycles. The van der Waals surface area contributed by atoms with Gasteiger partial charge in [0.2, 0.25) is 0 Å². The van der Waals surface area contributed by atoms with Gasteiger partial charge < -0.3 is 9.67 Å². The van der Waals surface area contributed by atoms with Crippen LogP contribution in [0.3, 0.4) is 0 Å². The van der Waals surface area contributed by atoms with E-state index in [0.29, 0.717) is 5.75 Å². The van der Waals surface area contributed by atoms with Crippen LogP contribution in [-0.2, 0) is 22.0 Å². The Morgan fingerprint density at radius 3 is 2.84 bits per heavy atom. The summed E-state index contributed by atoms with van der Waals surface area (Å²) in [5.41, 5.74) is 1.09. The zero-order valence-electron chi connectivity index (χ0n) is 11.5. The summed E-state index contributed by atoms with van der Waals surface area (Å²) in [5.74, 6) is -0.196. The van der Waals surface area contributed by atoms with Crippen LogP contribution in [0.5, 0.6) is 0 Å². The molecule has 0 aliphatic rings. The molecule has 0 fully saturated rings. The number of aromatic nitrogens is 2. The average molecular weight is 304 g/mol. The number of rotatable bonds is 8. The quantitative estimate of drug-likeness (QED) is 0.743. The Morgan fingerprint density at radius 2 is 2.32 bits per heavy atom. The Labute approximate surface area is 120 Å². The number of hydrogen-bond acceptors (Lipinski definition) is 4. The smallest absolute Gasteiger partial charge is 0.313 e. The van der Waals surface area contributed by atoms with Crippen LogP contribution in [0, 0.1) is 0 Å². The molecule has 0 saturated carbocycles. The molecule has 0 amide bonds. The topological polar surface area (TPSA) is 72.2 Å². The molecule has 2 unspecified atom stereocenters. The third kappa shape index (κ3) is 4.99. The number of thioether (sulfide) groups is 1. The maximum Gasteiger partial charge on any atom is 0.313 e. The average Bonchev–Trinajstić information content (AvgIpc) is 2.76. The molecule has 0 radical (unpaired) electrons. The minimum Gasteiger partial charge on any atom is -0.481 e. The molecule has 0 bridgehead atoms. The highest BCUT2D eigenvalue weighted by Crippen LogP contribution is 2.25. The van der Waals surface area contributed by atoms with E-state index in [1.165, 1.54) is 11.8 Å². The van der Waals surface area contributed by atoms with Gasteiger partial charge in [-0.2, -0.15) is 0 Å². The Hall–Kier alpha value is -0.820. The van der Waals surface area contributed by atoms with E-state index in [9.17, 15) is 9.00 Å². The lowest BCUT2D eigenvalue weighted by molar-refractivity contribution is -0.133. The van der Waals surface area contributed by atoms with Crippen molar-refractivity contribution < 1.29 is 14.1 Å². The zero-order chi connectivity index (χ0) is 14.4. The summed E-state index contributed by atoms with van der Waals surface area (Å²) in [6.45, 7) is 4.10. The van der Waals surface area contributed by atoms with Crippen LogP contribution in [0.25, 0.3) is 0 Å². The molecule has 1 aromatic heterocycles. The molecular formula is C12H20N2O3S2. The van der Waals surface area contributed by atoms with Crippen molar-refractivity contribution in [2.45, 2.75) is 37.9 Å². The molecule has 1 rings (SSSR count). The van der Waals surface area contributed by atoms with E-state index < -0.39 is 16.8 Å². The fourth-order valence-corrected chi connectivity index (χ4v) is 3.30. The first-order valence-corrected chi connectivity index (χ1v) is 8.87. The van der Waals surface area contributed by atoms with Crippen LogP contribution in [0.15, 0.2) is 11.4 Å². The van der Waals surface area contributed by atoms with Gasteiger partial charge in [-0.3, -0.25) is 9.00 Å². The van der Waals surface area contributed by atoms with Crippen LogP contribution < -0.4 is 0 Å². The van der Waals surface area contributed by atoms with Crippen molar-refractivity contribution in [3.63, 3.8) is 0 Å². The predicted molar refractivity (Wildman–Crippen MR) is 78.2 cm³/mol. The fourth-order valence-electron chi connectivity index (χ4n) is 1.81. The zero-order valence-corrected chi connectivity index (χ0v) is 13.1. The number of aliphatic carboxylic acids is 1. The molecule has 2 atom stereocenters. The first-order chi connectivity index (χ1) is 8.95. The van der Waals surface area contributed by atoms with Gasteiger partial charge in [0.25, 0.3) is 0 Å². The van der Waals surface area contributed by atoms with E-state index >= 15 is 0 Å². The monoisotopic (exact) mass is 304 g/mol. The van der Waals surface area contributed by atoms with Crippen LogP contribution >= 0.6 is 11.8 Å². The predicted octanol–water partition coefficient (Wildman–Crippen LogP) is 1.95. The molecule has 1 aromatic rings. The van der Waals surface area contributed by atoms with Crippen LogP contribution in [0.4, 0.5) is 0 Å².